The molecule has 0 bridgehead atoms. The molecule has 4 saturated carbocycles. The zero-order valence-electron chi connectivity index (χ0n) is 21.7. The number of aryl methyl sites for hydroxylation is 1. The minimum absolute atomic E-state index is 0.0340. The van der Waals surface area contributed by atoms with Crippen molar-refractivity contribution in [2.24, 2.45) is 40.4 Å². The number of nitrogens with zero attached hydrogens (tertiary/aromatic N) is 3. The van der Waals surface area contributed by atoms with E-state index in [1.807, 2.05) is 6.92 Å². The lowest BCUT2D eigenvalue weighted by Gasteiger charge is -2.61. The van der Waals surface area contributed by atoms with Crippen LogP contribution in [0.5, 0.6) is 0 Å². The molecular formula is C29H40FN3O2. The number of aromatic nitrogens is 3. The number of carbonyl (C=O) groups is 1. The van der Waals surface area contributed by atoms with Gasteiger partial charge in [0.2, 0.25) is 0 Å². The van der Waals surface area contributed by atoms with Crippen molar-refractivity contribution in [3.8, 4) is 0 Å². The first-order chi connectivity index (χ1) is 16.5. The van der Waals surface area contributed by atoms with E-state index in [0.717, 1.165) is 38.5 Å². The van der Waals surface area contributed by atoms with Crippen molar-refractivity contribution in [1.82, 2.24) is 15.0 Å². The normalized spacial score (nSPS) is 43.0. The molecule has 6 rings (SSSR count). The van der Waals surface area contributed by atoms with E-state index in [9.17, 15) is 14.3 Å². The number of hydrogen-bond acceptors (Lipinski definition) is 4. The van der Waals surface area contributed by atoms with Crippen molar-refractivity contribution >= 4 is 16.8 Å². The Hall–Kier alpha value is -1.82. The molecule has 4 aliphatic carbocycles. The van der Waals surface area contributed by atoms with Crippen LogP contribution >= 0.6 is 0 Å². The minimum atomic E-state index is -0.502. The monoisotopic (exact) mass is 481 g/mol. The van der Waals surface area contributed by atoms with Crippen LogP contribution in [0.1, 0.15) is 84.1 Å². The average molecular weight is 482 g/mol. The number of hydrogen-bond donors (Lipinski definition) is 1. The quantitative estimate of drug-likeness (QED) is 0.596. The summed E-state index contributed by atoms with van der Waals surface area (Å²) in [7, 11) is 0. The molecule has 190 valence electrons. The van der Waals surface area contributed by atoms with Crippen molar-refractivity contribution in [1.29, 1.82) is 0 Å². The van der Waals surface area contributed by atoms with E-state index >= 15 is 0 Å². The van der Waals surface area contributed by atoms with Gasteiger partial charge in [-0.05, 0) is 118 Å². The van der Waals surface area contributed by atoms with E-state index in [1.165, 1.54) is 24.1 Å². The van der Waals surface area contributed by atoms with Crippen LogP contribution in [-0.2, 0) is 11.3 Å². The van der Waals surface area contributed by atoms with Crippen LogP contribution in [0.3, 0.4) is 0 Å². The molecule has 0 aliphatic heterocycles. The summed E-state index contributed by atoms with van der Waals surface area (Å²) < 4.78 is 14.5. The maximum absolute atomic E-state index is 14.5. The number of halogens is 1. The van der Waals surface area contributed by atoms with Gasteiger partial charge in [-0.25, -0.2) is 4.39 Å². The van der Waals surface area contributed by atoms with Gasteiger partial charge in [-0.1, -0.05) is 19.9 Å². The highest BCUT2D eigenvalue weighted by molar-refractivity contribution is 5.82. The molecule has 0 saturated heterocycles. The number of benzene rings is 1. The summed E-state index contributed by atoms with van der Waals surface area (Å²) in [5.74, 6) is 2.53. The Balaban J connectivity index is 1.21. The van der Waals surface area contributed by atoms with Crippen LogP contribution < -0.4 is 0 Å². The fourth-order valence-corrected chi connectivity index (χ4v) is 9.37. The van der Waals surface area contributed by atoms with E-state index in [2.05, 4.69) is 24.0 Å². The molecular weight excluding hydrogens is 441 g/mol. The lowest BCUT2D eigenvalue weighted by atomic mass is 9.44. The van der Waals surface area contributed by atoms with Gasteiger partial charge in [-0.15, -0.1) is 5.10 Å². The second-order valence-corrected chi connectivity index (χ2v) is 13.3. The molecule has 0 unspecified atom stereocenters. The topological polar surface area (TPSA) is 68.0 Å². The van der Waals surface area contributed by atoms with Crippen molar-refractivity contribution in [3.63, 3.8) is 0 Å². The van der Waals surface area contributed by atoms with E-state index in [-0.39, 0.29) is 35.0 Å². The fraction of sp³-hybridized carbons (Fsp3) is 0.759. The van der Waals surface area contributed by atoms with E-state index in [1.54, 1.807) is 19.1 Å². The number of rotatable bonds is 3. The van der Waals surface area contributed by atoms with Crippen molar-refractivity contribution in [2.45, 2.75) is 97.6 Å². The largest absolute Gasteiger partial charge is 0.390 e. The second-order valence-electron chi connectivity index (χ2n) is 13.3. The van der Waals surface area contributed by atoms with Crippen LogP contribution in [0.4, 0.5) is 4.39 Å². The number of ketones is 1. The molecule has 6 heteroatoms. The van der Waals surface area contributed by atoms with Crippen molar-refractivity contribution in [3.05, 3.63) is 23.5 Å². The van der Waals surface area contributed by atoms with Crippen LogP contribution in [0.25, 0.3) is 11.0 Å². The minimum Gasteiger partial charge on any atom is -0.390 e. The highest BCUT2D eigenvalue weighted by atomic mass is 19.1. The highest BCUT2D eigenvalue weighted by Gasteiger charge is 2.61. The Labute approximate surface area is 207 Å². The molecule has 1 aromatic heterocycles. The molecule has 5 nitrogen and oxygen atoms in total. The average Bonchev–Trinajstić information content (AvgIpc) is 3.37. The molecule has 4 aliphatic rings. The van der Waals surface area contributed by atoms with Gasteiger partial charge in [0.15, 0.2) is 11.6 Å². The van der Waals surface area contributed by atoms with E-state index < -0.39 is 5.60 Å². The Morgan fingerprint density at radius 2 is 1.80 bits per heavy atom. The fourth-order valence-electron chi connectivity index (χ4n) is 9.37. The Morgan fingerprint density at radius 1 is 1.03 bits per heavy atom. The van der Waals surface area contributed by atoms with Crippen LogP contribution in [0.15, 0.2) is 12.1 Å². The molecule has 0 spiro atoms. The zero-order valence-corrected chi connectivity index (χ0v) is 21.7. The Morgan fingerprint density at radius 3 is 2.60 bits per heavy atom. The highest BCUT2D eigenvalue weighted by Crippen LogP contribution is 2.68. The lowest BCUT2D eigenvalue weighted by Crippen LogP contribution is -2.55. The van der Waals surface area contributed by atoms with Gasteiger partial charge in [0.1, 0.15) is 17.6 Å². The maximum atomic E-state index is 14.5. The number of Topliss-reactive ketones (excluding diaryl/α,β-unsaturated/α-hetero) is 1. The molecule has 1 heterocycles. The van der Waals surface area contributed by atoms with Crippen molar-refractivity contribution < 1.29 is 14.3 Å². The first-order valence-corrected chi connectivity index (χ1v) is 13.8. The Kier molecular flexibility index (Phi) is 5.28. The predicted molar refractivity (Wildman–Crippen MR) is 133 cm³/mol. The predicted octanol–water partition coefficient (Wildman–Crippen LogP) is 5.86. The van der Waals surface area contributed by atoms with Gasteiger partial charge >= 0.3 is 0 Å². The number of fused-ring (bicyclic) bond motifs is 6. The summed E-state index contributed by atoms with van der Waals surface area (Å²) in [4.78, 5) is 15.0. The van der Waals surface area contributed by atoms with Gasteiger partial charge < -0.3 is 5.11 Å². The van der Waals surface area contributed by atoms with Crippen LogP contribution in [0.2, 0.25) is 0 Å². The molecule has 1 aromatic carbocycles. The molecule has 0 radical (unpaired) electrons. The molecule has 8 atom stereocenters. The van der Waals surface area contributed by atoms with E-state index in [0.29, 0.717) is 40.2 Å². The molecule has 1 N–H and O–H groups in total. The number of aliphatic hydroxyl groups is 1. The first kappa shape index (κ1) is 23.6. The third kappa shape index (κ3) is 3.53. The summed E-state index contributed by atoms with van der Waals surface area (Å²) in [5, 5.41) is 19.5. The third-order valence-electron chi connectivity index (χ3n) is 11.4. The Bertz CT molecular complexity index is 1170. The van der Waals surface area contributed by atoms with E-state index in [4.69, 9.17) is 0 Å². The van der Waals surface area contributed by atoms with Gasteiger partial charge in [-0.2, -0.15) is 9.90 Å². The lowest BCUT2D eigenvalue weighted by molar-refractivity contribution is -0.151. The SMILES string of the molecule is Cc1ccc2nn(CC(=O)[C@H]3CC[C@H]4[C@@H]5CC[C@H]6C[C@](C)(O)CC[C@]6(C)[C@H]5CC[C@]34C)nc2c1F. The summed E-state index contributed by atoms with van der Waals surface area (Å²) >= 11 is 0. The molecule has 4 fully saturated rings. The third-order valence-corrected chi connectivity index (χ3v) is 11.4. The summed E-state index contributed by atoms with van der Waals surface area (Å²) in [6.07, 6.45) is 9.84. The van der Waals surface area contributed by atoms with Gasteiger partial charge in [0.25, 0.3) is 0 Å². The zero-order chi connectivity index (χ0) is 24.8. The smallest absolute Gasteiger partial charge is 0.159 e. The molecule has 0 amide bonds. The molecule has 2 aromatic rings. The standard InChI is InChI=1S/C29H40FN3O2/c1-17-5-10-23-26(25(17)30)32-33(31-23)16-24(34)22-9-8-20-19-7-6-18-15-27(2,35)13-14-28(18,3)21(19)11-12-29(20,22)4/h5,10,18-22,35H,6-9,11-16H2,1-4H3/t18-,19-,20-,21-,22+,27+,28-,29-/m0/s1. The second kappa shape index (κ2) is 7.84. The van der Waals surface area contributed by atoms with Crippen LogP contribution in [-0.4, -0.2) is 31.5 Å². The van der Waals surface area contributed by atoms with Gasteiger partial charge in [0.05, 0.1) is 5.60 Å². The summed E-state index contributed by atoms with van der Waals surface area (Å²) in [6.45, 7) is 8.76. The first-order valence-electron chi connectivity index (χ1n) is 13.8. The number of carbonyl (C=O) groups excluding carboxylic acids is 1. The maximum Gasteiger partial charge on any atom is 0.159 e. The van der Waals surface area contributed by atoms with Gasteiger partial charge in [-0.3, -0.25) is 4.79 Å². The van der Waals surface area contributed by atoms with Crippen molar-refractivity contribution in [2.75, 3.05) is 0 Å². The van der Waals surface area contributed by atoms with Gasteiger partial charge in [0, 0.05) is 5.92 Å². The van der Waals surface area contributed by atoms with Crippen LogP contribution in [0, 0.1) is 53.2 Å². The summed E-state index contributed by atoms with van der Waals surface area (Å²) in [5.41, 5.74) is 1.17. The summed E-state index contributed by atoms with van der Waals surface area (Å²) in [6, 6.07) is 3.49. The molecule has 35 heavy (non-hydrogen) atoms.